The molecule has 0 fully saturated rings. The number of hydrogen-bond donors (Lipinski definition) is 0. The molecule has 0 N–H and O–H groups in total. The molecule has 0 aliphatic rings. The third-order valence-corrected chi connectivity index (χ3v) is 9.94. The maximum Gasteiger partial charge on any atom is 0.135 e. The molecule has 0 bridgehead atoms. The average molecular weight is 600 g/mol. The van der Waals surface area contributed by atoms with E-state index in [-0.39, 0.29) is 0 Å². The van der Waals surface area contributed by atoms with Crippen molar-refractivity contribution in [3.63, 3.8) is 0 Å². The molecule has 0 aliphatic heterocycles. The zero-order valence-electron chi connectivity index (χ0n) is 25.7. The summed E-state index contributed by atoms with van der Waals surface area (Å²) in [7, 11) is 0. The zero-order chi connectivity index (χ0) is 31.1. The van der Waals surface area contributed by atoms with E-state index in [0.717, 1.165) is 34.0 Å². The van der Waals surface area contributed by atoms with Crippen LogP contribution in [0.2, 0.25) is 0 Å². The van der Waals surface area contributed by atoms with Crippen molar-refractivity contribution in [3.05, 3.63) is 164 Å². The molecule has 10 aromatic rings. The van der Waals surface area contributed by atoms with E-state index in [1.165, 1.54) is 70.8 Å². The van der Waals surface area contributed by atoms with Crippen LogP contribution >= 0.6 is 0 Å². The van der Waals surface area contributed by atoms with Gasteiger partial charge in [0, 0.05) is 27.2 Å². The monoisotopic (exact) mass is 599 g/mol. The van der Waals surface area contributed by atoms with E-state index in [1.54, 1.807) is 0 Å². The molecule has 0 atom stereocenters. The van der Waals surface area contributed by atoms with Gasteiger partial charge >= 0.3 is 0 Å². The van der Waals surface area contributed by atoms with E-state index in [2.05, 4.69) is 145 Å². The summed E-state index contributed by atoms with van der Waals surface area (Å²) in [6.45, 7) is 4.09. The number of nitrogens with zero attached hydrogens (tertiary/aromatic N) is 1. The smallest absolute Gasteiger partial charge is 0.135 e. The highest BCUT2D eigenvalue weighted by Crippen LogP contribution is 2.41. The molecule has 2 heterocycles. The lowest BCUT2D eigenvalue weighted by Crippen LogP contribution is -1.95. The van der Waals surface area contributed by atoms with Gasteiger partial charge in [0.1, 0.15) is 11.2 Å². The van der Waals surface area contributed by atoms with Crippen LogP contribution in [0.1, 0.15) is 5.56 Å². The third-order valence-electron chi connectivity index (χ3n) is 9.94. The van der Waals surface area contributed by atoms with Gasteiger partial charge in [-0.1, -0.05) is 103 Å². The lowest BCUT2D eigenvalue weighted by Gasteiger charge is -2.14. The van der Waals surface area contributed by atoms with Crippen molar-refractivity contribution in [3.8, 4) is 16.8 Å². The van der Waals surface area contributed by atoms with Crippen molar-refractivity contribution in [2.24, 2.45) is 0 Å². The van der Waals surface area contributed by atoms with Crippen molar-refractivity contribution in [2.75, 3.05) is 0 Å². The molecule has 0 spiro atoms. The van der Waals surface area contributed by atoms with Gasteiger partial charge in [0.25, 0.3) is 0 Å². The van der Waals surface area contributed by atoms with E-state index >= 15 is 0 Å². The number of furan rings is 1. The fourth-order valence-electron chi connectivity index (χ4n) is 7.87. The largest absolute Gasteiger partial charge is 0.456 e. The van der Waals surface area contributed by atoms with E-state index in [1.807, 2.05) is 18.2 Å². The highest BCUT2D eigenvalue weighted by Gasteiger charge is 2.18. The number of rotatable bonds is 4. The fraction of sp³-hybridized carbons (Fsp3) is 0.0222. The van der Waals surface area contributed by atoms with Crippen LogP contribution in [0, 0.1) is 0 Å². The van der Waals surface area contributed by atoms with E-state index in [9.17, 15) is 0 Å². The minimum Gasteiger partial charge on any atom is -0.456 e. The summed E-state index contributed by atoms with van der Waals surface area (Å²) in [5, 5.41) is 12.5. The molecule has 0 unspecified atom stereocenters. The van der Waals surface area contributed by atoms with Gasteiger partial charge < -0.3 is 8.98 Å². The van der Waals surface area contributed by atoms with Crippen LogP contribution in [0.25, 0.3) is 92.9 Å². The normalized spacial score (nSPS) is 12.0. The molecule has 0 aliphatic carbocycles. The Kier molecular flexibility index (Phi) is 5.53. The lowest BCUT2D eigenvalue weighted by atomic mass is 9.94. The van der Waals surface area contributed by atoms with E-state index < -0.39 is 0 Å². The van der Waals surface area contributed by atoms with Crippen LogP contribution in [0.4, 0.5) is 0 Å². The Hall–Kier alpha value is -6.12. The van der Waals surface area contributed by atoms with Crippen LogP contribution in [0.3, 0.4) is 0 Å². The first-order valence-corrected chi connectivity index (χ1v) is 16.2. The first-order chi connectivity index (χ1) is 23.3. The SMILES string of the molecule is C=CCc1cccc2c1c1cc(-c3ccc4oc5ccccc5c4c3)ccc1n2-c1ccc2c3ccccc3c3ccccc3c2c1. The number of benzene rings is 8. The number of hydrogen-bond acceptors (Lipinski definition) is 1. The molecule has 2 nitrogen and oxygen atoms in total. The number of aromatic nitrogens is 1. The van der Waals surface area contributed by atoms with Crippen LogP contribution in [0.15, 0.2) is 163 Å². The van der Waals surface area contributed by atoms with Crippen molar-refractivity contribution in [1.82, 2.24) is 4.57 Å². The van der Waals surface area contributed by atoms with Crippen LogP contribution in [-0.2, 0) is 6.42 Å². The highest BCUT2D eigenvalue weighted by molar-refractivity contribution is 6.25. The van der Waals surface area contributed by atoms with Crippen LogP contribution in [-0.4, -0.2) is 4.57 Å². The summed E-state index contributed by atoms with van der Waals surface area (Å²) >= 11 is 0. The summed E-state index contributed by atoms with van der Waals surface area (Å²) in [5.41, 5.74) is 9.04. The summed E-state index contributed by atoms with van der Waals surface area (Å²) in [6, 6.07) is 53.0. The second-order valence-electron chi connectivity index (χ2n) is 12.5. The lowest BCUT2D eigenvalue weighted by molar-refractivity contribution is 0.669. The molecule has 47 heavy (non-hydrogen) atoms. The summed E-state index contributed by atoms with van der Waals surface area (Å²) in [4.78, 5) is 0. The van der Waals surface area contributed by atoms with Crippen molar-refractivity contribution >= 4 is 76.1 Å². The third kappa shape index (κ3) is 3.79. The molecule has 220 valence electrons. The minimum absolute atomic E-state index is 0.808. The minimum atomic E-state index is 0.808. The Morgan fingerprint density at radius 2 is 1.09 bits per heavy atom. The standard InChI is InChI=1S/C45H29NO/c1-2-10-28-11-9-17-42-45(28)40-26-29(30-20-24-44-39(25-30)37-16-7-8-18-43(37)47-44)19-23-41(40)46(42)31-21-22-36-34-14-4-3-12-32(34)33-13-5-6-15-35(33)38(36)27-31/h2-9,11-27H,1,10H2. The Labute approximate surface area is 271 Å². The first kappa shape index (κ1) is 26.1. The van der Waals surface area contributed by atoms with Gasteiger partial charge in [-0.05, 0) is 104 Å². The second-order valence-corrected chi connectivity index (χ2v) is 12.5. The predicted octanol–water partition coefficient (Wildman–Crippen LogP) is 12.5. The Morgan fingerprint density at radius 3 is 1.83 bits per heavy atom. The summed E-state index contributed by atoms with van der Waals surface area (Å²) in [5.74, 6) is 0. The number of para-hydroxylation sites is 1. The Balaban J connectivity index is 1.25. The van der Waals surface area contributed by atoms with Crippen LogP contribution < -0.4 is 0 Å². The maximum atomic E-state index is 6.13. The van der Waals surface area contributed by atoms with Gasteiger partial charge in [0.15, 0.2) is 0 Å². The molecule has 0 amide bonds. The van der Waals surface area contributed by atoms with Gasteiger partial charge in [-0.25, -0.2) is 0 Å². The summed E-state index contributed by atoms with van der Waals surface area (Å²) in [6.07, 6.45) is 2.81. The van der Waals surface area contributed by atoms with Gasteiger partial charge in [-0.3, -0.25) is 0 Å². The molecule has 0 saturated carbocycles. The summed E-state index contributed by atoms with van der Waals surface area (Å²) < 4.78 is 8.58. The Bertz CT molecular complexity index is 2870. The van der Waals surface area contributed by atoms with Gasteiger partial charge in [-0.2, -0.15) is 0 Å². The van der Waals surface area contributed by atoms with Gasteiger partial charge in [0.05, 0.1) is 11.0 Å². The van der Waals surface area contributed by atoms with Gasteiger partial charge in [-0.15, -0.1) is 6.58 Å². The second kappa shape index (κ2) is 9.94. The van der Waals surface area contributed by atoms with Crippen molar-refractivity contribution in [1.29, 1.82) is 0 Å². The number of allylic oxidation sites excluding steroid dienone is 1. The molecule has 0 saturated heterocycles. The molecule has 2 heteroatoms. The Morgan fingerprint density at radius 1 is 0.468 bits per heavy atom. The maximum absolute atomic E-state index is 6.13. The van der Waals surface area contributed by atoms with Crippen molar-refractivity contribution in [2.45, 2.75) is 6.42 Å². The van der Waals surface area contributed by atoms with Crippen LogP contribution in [0.5, 0.6) is 0 Å². The number of fused-ring (bicyclic) bond motifs is 12. The molecule has 0 radical (unpaired) electrons. The van der Waals surface area contributed by atoms with Crippen molar-refractivity contribution < 1.29 is 4.42 Å². The molecule has 8 aromatic carbocycles. The van der Waals surface area contributed by atoms with Gasteiger partial charge in [0.2, 0.25) is 0 Å². The highest BCUT2D eigenvalue weighted by atomic mass is 16.3. The molecular weight excluding hydrogens is 571 g/mol. The molecule has 10 rings (SSSR count). The van der Waals surface area contributed by atoms with E-state index in [4.69, 9.17) is 4.42 Å². The zero-order valence-corrected chi connectivity index (χ0v) is 25.7. The molecular formula is C45H29NO. The molecule has 2 aromatic heterocycles. The first-order valence-electron chi connectivity index (χ1n) is 16.2. The quantitative estimate of drug-likeness (QED) is 0.145. The van der Waals surface area contributed by atoms with E-state index in [0.29, 0.717) is 0 Å². The topological polar surface area (TPSA) is 18.1 Å². The average Bonchev–Trinajstić information content (AvgIpc) is 3.67. The predicted molar refractivity (Wildman–Crippen MR) is 200 cm³/mol. The fourth-order valence-corrected chi connectivity index (χ4v) is 7.87.